The van der Waals surface area contributed by atoms with Crippen molar-refractivity contribution in [2.75, 3.05) is 13.2 Å². The summed E-state index contributed by atoms with van der Waals surface area (Å²) in [7, 11) is 2.03. The zero-order chi connectivity index (χ0) is 19.5. The fourth-order valence-corrected chi connectivity index (χ4v) is 4.76. The molecule has 1 aliphatic heterocycles. The summed E-state index contributed by atoms with van der Waals surface area (Å²) < 4.78 is 15.2. The van der Waals surface area contributed by atoms with Crippen molar-refractivity contribution in [3.63, 3.8) is 0 Å². The Morgan fingerprint density at radius 2 is 1.90 bits per heavy atom. The molecule has 0 unspecified atom stereocenters. The predicted octanol–water partition coefficient (Wildman–Crippen LogP) is 5.04. The van der Waals surface area contributed by atoms with Crippen molar-refractivity contribution in [1.82, 2.24) is 19.2 Å². The van der Waals surface area contributed by atoms with E-state index in [1.54, 1.807) is 11.3 Å². The Labute approximate surface area is 174 Å². The van der Waals surface area contributed by atoms with Gasteiger partial charge < -0.3 is 14.0 Å². The molecular formula is C21H15ClN4O2S. The molecule has 3 aromatic heterocycles. The van der Waals surface area contributed by atoms with Crippen LogP contribution in [0.3, 0.4) is 0 Å². The maximum atomic E-state index is 6.22. The SMILES string of the molecule is Cn1cc(-c2nn3cc(-c4ccc5c(c4)OCCO5)nc3s2)c2cc(Cl)ccc21. The molecule has 1 aliphatic rings. The highest BCUT2D eigenvalue weighted by atomic mass is 35.5. The van der Waals surface area contributed by atoms with Crippen LogP contribution in [0.5, 0.6) is 11.5 Å². The maximum Gasteiger partial charge on any atom is 0.213 e. The highest BCUT2D eigenvalue weighted by molar-refractivity contribution is 7.20. The van der Waals surface area contributed by atoms with E-state index in [-0.39, 0.29) is 0 Å². The molecule has 0 saturated carbocycles. The number of aromatic nitrogens is 4. The molecule has 4 heterocycles. The topological polar surface area (TPSA) is 53.6 Å². The minimum absolute atomic E-state index is 0.564. The zero-order valence-corrected chi connectivity index (χ0v) is 17.0. The summed E-state index contributed by atoms with van der Waals surface area (Å²) >= 11 is 7.78. The molecule has 0 fully saturated rings. The first kappa shape index (κ1) is 16.9. The van der Waals surface area contributed by atoms with E-state index >= 15 is 0 Å². The molecule has 0 aliphatic carbocycles. The number of imidazole rings is 1. The van der Waals surface area contributed by atoms with Crippen LogP contribution in [0.1, 0.15) is 0 Å². The Bertz CT molecular complexity index is 1370. The summed E-state index contributed by atoms with van der Waals surface area (Å²) in [5.74, 6) is 1.53. The lowest BCUT2D eigenvalue weighted by molar-refractivity contribution is 0.171. The van der Waals surface area contributed by atoms with Crippen LogP contribution >= 0.6 is 22.9 Å². The Balaban J connectivity index is 1.42. The average molecular weight is 423 g/mol. The van der Waals surface area contributed by atoms with E-state index in [0.29, 0.717) is 18.2 Å². The largest absolute Gasteiger partial charge is 0.486 e. The van der Waals surface area contributed by atoms with Gasteiger partial charge in [0.25, 0.3) is 0 Å². The summed E-state index contributed by atoms with van der Waals surface area (Å²) in [5, 5.41) is 7.48. The van der Waals surface area contributed by atoms with Crippen molar-refractivity contribution in [1.29, 1.82) is 0 Å². The van der Waals surface area contributed by atoms with Gasteiger partial charge in [-0.2, -0.15) is 5.10 Å². The number of benzene rings is 2. The van der Waals surface area contributed by atoms with Crippen molar-refractivity contribution < 1.29 is 9.47 Å². The fraction of sp³-hybridized carbons (Fsp3) is 0.143. The molecule has 6 nitrogen and oxygen atoms in total. The number of rotatable bonds is 2. The third-order valence-corrected chi connectivity index (χ3v) is 6.25. The van der Waals surface area contributed by atoms with Gasteiger partial charge in [-0.3, -0.25) is 0 Å². The molecule has 2 aromatic carbocycles. The molecule has 6 rings (SSSR count). The van der Waals surface area contributed by atoms with Crippen molar-refractivity contribution in [3.05, 3.63) is 53.8 Å². The van der Waals surface area contributed by atoms with Crippen LogP contribution in [-0.4, -0.2) is 32.4 Å². The predicted molar refractivity (Wildman–Crippen MR) is 114 cm³/mol. The average Bonchev–Trinajstić information content (AvgIpc) is 3.39. The first-order valence-electron chi connectivity index (χ1n) is 9.17. The van der Waals surface area contributed by atoms with Gasteiger partial charge in [0.1, 0.15) is 18.2 Å². The smallest absolute Gasteiger partial charge is 0.213 e. The van der Waals surface area contributed by atoms with Crippen LogP contribution in [0.2, 0.25) is 5.02 Å². The third-order valence-electron chi connectivity index (χ3n) is 5.06. The van der Waals surface area contributed by atoms with Crippen molar-refractivity contribution in [3.8, 4) is 33.3 Å². The maximum absolute atomic E-state index is 6.22. The summed E-state index contributed by atoms with van der Waals surface area (Å²) in [6, 6.07) is 11.8. The Morgan fingerprint density at radius 1 is 1.03 bits per heavy atom. The van der Waals surface area contributed by atoms with E-state index in [9.17, 15) is 0 Å². The number of hydrogen-bond acceptors (Lipinski definition) is 5. The van der Waals surface area contributed by atoms with Gasteiger partial charge >= 0.3 is 0 Å². The number of aryl methyl sites for hydroxylation is 1. The highest BCUT2D eigenvalue weighted by Gasteiger charge is 2.17. The van der Waals surface area contributed by atoms with Crippen LogP contribution in [0, 0.1) is 0 Å². The minimum atomic E-state index is 0.564. The fourth-order valence-electron chi connectivity index (χ4n) is 3.69. The van der Waals surface area contributed by atoms with Crippen LogP contribution in [-0.2, 0) is 7.05 Å². The van der Waals surface area contributed by atoms with Gasteiger partial charge in [-0.05, 0) is 36.4 Å². The molecule has 0 atom stereocenters. The van der Waals surface area contributed by atoms with Crippen molar-refractivity contribution >= 4 is 38.8 Å². The lowest BCUT2D eigenvalue weighted by atomic mass is 10.1. The minimum Gasteiger partial charge on any atom is -0.486 e. The van der Waals surface area contributed by atoms with Crippen LogP contribution < -0.4 is 9.47 Å². The van der Waals surface area contributed by atoms with E-state index < -0.39 is 0 Å². The summed E-state index contributed by atoms with van der Waals surface area (Å²) in [6.45, 7) is 1.15. The first-order chi connectivity index (χ1) is 14.2. The lowest BCUT2D eigenvalue weighted by Gasteiger charge is -2.18. The van der Waals surface area contributed by atoms with Crippen LogP contribution in [0.25, 0.3) is 37.7 Å². The Morgan fingerprint density at radius 3 is 2.76 bits per heavy atom. The quantitative estimate of drug-likeness (QED) is 0.400. The summed E-state index contributed by atoms with van der Waals surface area (Å²) in [6.07, 6.45) is 4.03. The van der Waals surface area contributed by atoms with Crippen molar-refractivity contribution in [2.45, 2.75) is 0 Å². The van der Waals surface area contributed by atoms with Gasteiger partial charge in [0, 0.05) is 40.3 Å². The van der Waals surface area contributed by atoms with E-state index in [0.717, 1.165) is 49.2 Å². The summed E-state index contributed by atoms with van der Waals surface area (Å²) in [4.78, 5) is 5.61. The van der Waals surface area contributed by atoms with E-state index in [1.807, 2.05) is 54.2 Å². The van der Waals surface area contributed by atoms with Crippen LogP contribution in [0.15, 0.2) is 48.8 Å². The van der Waals surface area contributed by atoms with E-state index in [2.05, 4.69) is 10.8 Å². The second-order valence-electron chi connectivity index (χ2n) is 6.93. The number of halogens is 1. The monoisotopic (exact) mass is 422 g/mol. The van der Waals surface area contributed by atoms with Crippen LogP contribution in [0.4, 0.5) is 0 Å². The molecule has 5 aromatic rings. The summed E-state index contributed by atoms with van der Waals surface area (Å²) in [5.41, 5.74) is 4.01. The molecule has 0 bridgehead atoms. The molecule has 0 amide bonds. The van der Waals surface area contributed by atoms with Crippen molar-refractivity contribution in [2.24, 2.45) is 7.05 Å². The molecule has 0 radical (unpaired) electrons. The normalized spacial score (nSPS) is 13.4. The second-order valence-corrected chi connectivity index (χ2v) is 8.33. The molecule has 0 saturated heterocycles. The second kappa shape index (κ2) is 6.23. The third kappa shape index (κ3) is 2.69. The molecule has 144 valence electrons. The van der Waals surface area contributed by atoms with Gasteiger partial charge in [0.2, 0.25) is 4.96 Å². The number of nitrogens with zero attached hydrogens (tertiary/aromatic N) is 4. The molecule has 8 heteroatoms. The van der Waals surface area contributed by atoms with Gasteiger partial charge in [0.05, 0.1) is 11.9 Å². The molecule has 29 heavy (non-hydrogen) atoms. The standard InChI is InChI=1S/C21H15ClN4O2S/c1-25-10-15(14-9-13(22)3-4-17(14)25)20-24-26-11-16(23-21(26)29-20)12-2-5-18-19(8-12)28-7-6-27-18/h2-5,8-11H,6-7H2,1H3. The number of ether oxygens (including phenoxy) is 2. The Kier molecular flexibility index (Phi) is 3.63. The van der Waals surface area contributed by atoms with Gasteiger partial charge in [-0.25, -0.2) is 9.50 Å². The van der Waals surface area contributed by atoms with E-state index in [4.69, 9.17) is 31.2 Å². The Hall–Kier alpha value is -3.03. The van der Waals surface area contributed by atoms with Gasteiger partial charge in [-0.1, -0.05) is 22.9 Å². The number of hydrogen-bond donors (Lipinski definition) is 0. The van der Waals surface area contributed by atoms with Gasteiger partial charge in [0.15, 0.2) is 11.5 Å². The lowest BCUT2D eigenvalue weighted by Crippen LogP contribution is -2.15. The molecule has 0 spiro atoms. The first-order valence-corrected chi connectivity index (χ1v) is 10.4. The zero-order valence-electron chi connectivity index (χ0n) is 15.4. The molecular weight excluding hydrogens is 408 g/mol. The van der Waals surface area contributed by atoms with Gasteiger partial charge in [-0.15, -0.1) is 0 Å². The molecule has 0 N–H and O–H groups in total. The highest BCUT2D eigenvalue weighted by Crippen LogP contribution is 2.37. The van der Waals surface area contributed by atoms with E-state index in [1.165, 1.54) is 0 Å². The number of fused-ring (bicyclic) bond motifs is 3.